The normalized spacial score (nSPS) is 14.5. The van der Waals surface area contributed by atoms with Gasteiger partial charge in [0, 0.05) is 30.8 Å². The molecule has 1 aliphatic rings. The lowest BCUT2D eigenvalue weighted by atomic mass is 9.99. The topological polar surface area (TPSA) is 99.4 Å². The first-order valence-corrected chi connectivity index (χ1v) is 9.56. The fourth-order valence-electron chi connectivity index (χ4n) is 3.18. The molecule has 0 atom stereocenters. The molecule has 2 aromatic heterocycles. The van der Waals surface area contributed by atoms with Crippen LogP contribution in [0.1, 0.15) is 24.2 Å². The maximum Gasteiger partial charge on any atom is 0.233 e. The highest BCUT2D eigenvalue weighted by atomic mass is 16.5. The van der Waals surface area contributed by atoms with E-state index in [1.54, 1.807) is 12.1 Å². The number of aromatic nitrogens is 3. The molecular weight excluding hydrogens is 372 g/mol. The van der Waals surface area contributed by atoms with E-state index in [-0.39, 0.29) is 18.4 Å². The molecular formula is C21H22N4O4. The molecule has 150 valence electrons. The van der Waals surface area contributed by atoms with E-state index in [9.17, 15) is 4.79 Å². The zero-order valence-corrected chi connectivity index (χ0v) is 16.1. The van der Waals surface area contributed by atoms with Gasteiger partial charge < -0.3 is 19.3 Å². The quantitative estimate of drug-likeness (QED) is 0.684. The van der Waals surface area contributed by atoms with Gasteiger partial charge in [0.15, 0.2) is 5.82 Å². The lowest BCUT2D eigenvalue weighted by molar-refractivity contribution is -0.122. The largest absolute Gasteiger partial charge is 0.472 e. The smallest absolute Gasteiger partial charge is 0.233 e. The summed E-state index contributed by atoms with van der Waals surface area (Å²) >= 11 is 0. The number of nitrogens with one attached hydrogen (secondary N) is 1. The zero-order valence-electron chi connectivity index (χ0n) is 16.1. The molecule has 0 spiro atoms. The molecule has 0 unspecified atom stereocenters. The van der Waals surface area contributed by atoms with Crippen LogP contribution in [0.5, 0.6) is 5.88 Å². The molecule has 29 heavy (non-hydrogen) atoms. The van der Waals surface area contributed by atoms with Gasteiger partial charge in [-0.25, -0.2) is 0 Å². The van der Waals surface area contributed by atoms with Crippen molar-refractivity contribution >= 4 is 11.7 Å². The van der Waals surface area contributed by atoms with Gasteiger partial charge in [0.1, 0.15) is 18.1 Å². The second kappa shape index (κ2) is 8.83. The van der Waals surface area contributed by atoms with Crippen LogP contribution < -0.4 is 10.1 Å². The average molecular weight is 394 g/mol. The first-order valence-electron chi connectivity index (χ1n) is 9.56. The molecule has 0 radical (unpaired) electrons. The minimum atomic E-state index is -0.0520. The van der Waals surface area contributed by atoms with Crippen LogP contribution in [-0.4, -0.2) is 34.5 Å². The summed E-state index contributed by atoms with van der Waals surface area (Å²) < 4.78 is 16.4. The van der Waals surface area contributed by atoms with E-state index in [1.807, 2.05) is 37.3 Å². The first-order chi connectivity index (χ1) is 14.2. The Balaban J connectivity index is 1.38. The van der Waals surface area contributed by atoms with Gasteiger partial charge in [-0.05, 0) is 25.8 Å². The van der Waals surface area contributed by atoms with Crippen LogP contribution in [0.2, 0.25) is 0 Å². The van der Waals surface area contributed by atoms with Crippen molar-refractivity contribution in [1.82, 2.24) is 15.4 Å². The van der Waals surface area contributed by atoms with Crippen molar-refractivity contribution in [3.8, 4) is 17.1 Å². The van der Waals surface area contributed by atoms with E-state index >= 15 is 0 Å². The van der Waals surface area contributed by atoms with Crippen molar-refractivity contribution in [3.63, 3.8) is 0 Å². The Hall–Kier alpha value is -3.26. The third-order valence-electron chi connectivity index (χ3n) is 4.88. The van der Waals surface area contributed by atoms with Gasteiger partial charge in [-0.15, -0.1) is 10.2 Å². The molecule has 1 amide bonds. The number of rotatable bonds is 6. The number of hydrogen-bond donors (Lipinski definition) is 1. The second-order valence-electron chi connectivity index (χ2n) is 6.85. The summed E-state index contributed by atoms with van der Waals surface area (Å²) in [7, 11) is 0. The van der Waals surface area contributed by atoms with E-state index in [4.69, 9.17) is 14.0 Å². The number of nitrogens with zero attached hydrogens (tertiary/aromatic N) is 3. The van der Waals surface area contributed by atoms with E-state index < -0.39 is 0 Å². The maximum absolute atomic E-state index is 12.3. The summed E-state index contributed by atoms with van der Waals surface area (Å²) in [6.07, 6.45) is 1.45. The average Bonchev–Trinajstić information content (AvgIpc) is 3.15. The molecule has 1 fully saturated rings. The Kier molecular flexibility index (Phi) is 5.81. The zero-order chi connectivity index (χ0) is 20.1. The fourth-order valence-corrected chi connectivity index (χ4v) is 3.18. The summed E-state index contributed by atoms with van der Waals surface area (Å²) in [5, 5.41) is 15.0. The van der Waals surface area contributed by atoms with Crippen LogP contribution in [0.15, 0.2) is 47.0 Å². The van der Waals surface area contributed by atoms with Gasteiger partial charge in [-0.1, -0.05) is 35.5 Å². The number of aryl methyl sites for hydroxylation is 1. The molecule has 1 saturated heterocycles. The van der Waals surface area contributed by atoms with Crippen molar-refractivity contribution in [1.29, 1.82) is 0 Å². The van der Waals surface area contributed by atoms with E-state index in [2.05, 4.69) is 20.7 Å². The van der Waals surface area contributed by atoms with Crippen molar-refractivity contribution in [2.45, 2.75) is 26.4 Å². The predicted molar refractivity (Wildman–Crippen MR) is 105 cm³/mol. The van der Waals surface area contributed by atoms with Gasteiger partial charge >= 0.3 is 0 Å². The number of carbonyl (C=O) groups is 1. The summed E-state index contributed by atoms with van der Waals surface area (Å²) in [4.78, 5) is 12.3. The highest BCUT2D eigenvalue weighted by molar-refractivity contribution is 5.91. The third-order valence-corrected chi connectivity index (χ3v) is 4.88. The molecule has 4 rings (SSSR count). The van der Waals surface area contributed by atoms with Crippen molar-refractivity contribution in [2.75, 3.05) is 18.5 Å². The van der Waals surface area contributed by atoms with Gasteiger partial charge in [0.2, 0.25) is 11.8 Å². The van der Waals surface area contributed by atoms with Crippen LogP contribution in [0.3, 0.4) is 0 Å². The van der Waals surface area contributed by atoms with Gasteiger partial charge in [0.25, 0.3) is 0 Å². The first kappa shape index (κ1) is 19.1. The SMILES string of the molecule is Cc1onc(-c2ccccc2)c1COc1ccc(NC(=O)C2CCOCC2)nn1. The number of anilines is 1. The lowest BCUT2D eigenvalue weighted by Crippen LogP contribution is -2.28. The van der Waals surface area contributed by atoms with Gasteiger partial charge in [-0.2, -0.15) is 0 Å². The van der Waals surface area contributed by atoms with E-state index in [0.29, 0.717) is 30.7 Å². The molecule has 3 aromatic rings. The van der Waals surface area contributed by atoms with Crippen molar-refractivity contribution < 1.29 is 18.8 Å². The molecule has 3 heterocycles. The van der Waals surface area contributed by atoms with E-state index in [1.165, 1.54) is 0 Å². The van der Waals surface area contributed by atoms with Crippen LogP contribution in [0, 0.1) is 12.8 Å². The summed E-state index contributed by atoms with van der Waals surface area (Å²) in [5.74, 6) is 1.35. The minimum Gasteiger partial charge on any atom is -0.472 e. The number of hydrogen-bond acceptors (Lipinski definition) is 7. The van der Waals surface area contributed by atoms with E-state index in [0.717, 1.165) is 29.7 Å². The molecule has 0 bridgehead atoms. The van der Waals surface area contributed by atoms with Gasteiger partial charge in [-0.3, -0.25) is 4.79 Å². The summed E-state index contributed by atoms with van der Waals surface area (Å²) in [6.45, 7) is 3.33. The Labute approximate surface area is 168 Å². The Bertz CT molecular complexity index is 951. The predicted octanol–water partition coefficient (Wildman–Crippen LogP) is 3.38. The van der Waals surface area contributed by atoms with Crippen LogP contribution in [0.25, 0.3) is 11.3 Å². The Morgan fingerprint density at radius 1 is 1.14 bits per heavy atom. The summed E-state index contributed by atoms with van der Waals surface area (Å²) in [5.41, 5.74) is 2.56. The Morgan fingerprint density at radius 3 is 2.66 bits per heavy atom. The van der Waals surface area contributed by atoms with Gasteiger partial charge in [0.05, 0.1) is 5.56 Å². The molecule has 1 aliphatic heterocycles. The summed E-state index contributed by atoms with van der Waals surface area (Å²) in [6, 6.07) is 13.1. The molecule has 0 aliphatic carbocycles. The van der Waals surface area contributed by atoms with Crippen LogP contribution in [0.4, 0.5) is 5.82 Å². The van der Waals surface area contributed by atoms with Crippen molar-refractivity contribution in [2.24, 2.45) is 5.92 Å². The molecule has 8 heteroatoms. The fraction of sp³-hybridized carbons (Fsp3) is 0.333. The molecule has 1 N–H and O–H groups in total. The second-order valence-corrected chi connectivity index (χ2v) is 6.85. The third kappa shape index (κ3) is 4.60. The van der Waals surface area contributed by atoms with Crippen LogP contribution in [-0.2, 0) is 16.1 Å². The molecule has 1 aromatic carbocycles. The number of amides is 1. The standard InChI is InChI=1S/C21H22N4O4/c1-14-17(20(25-29-14)15-5-3-2-4-6-15)13-28-19-8-7-18(23-24-19)22-21(26)16-9-11-27-12-10-16/h2-8,16H,9-13H2,1H3,(H,22,23,26). The monoisotopic (exact) mass is 394 g/mol. The van der Waals surface area contributed by atoms with Crippen molar-refractivity contribution in [3.05, 3.63) is 53.8 Å². The highest BCUT2D eigenvalue weighted by Gasteiger charge is 2.22. The minimum absolute atomic E-state index is 0.0468. The number of ether oxygens (including phenoxy) is 2. The Morgan fingerprint density at radius 2 is 1.93 bits per heavy atom. The lowest BCUT2D eigenvalue weighted by Gasteiger charge is -2.20. The number of carbonyl (C=O) groups excluding carboxylic acids is 1. The maximum atomic E-state index is 12.3. The molecule has 8 nitrogen and oxygen atoms in total. The van der Waals surface area contributed by atoms with Crippen LogP contribution >= 0.6 is 0 Å². The molecule has 0 saturated carbocycles. The highest BCUT2D eigenvalue weighted by Crippen LogP contribution is 2.26. The number of benzene rings is 1.